The van der Waals surface area contributed by atoms with Gasteiger partial charge < -0.3 is 0 Å². The Kier molecular flexibility index (Phi) is 11.2. The maximum absolute atomic E-state index is 2.46. The van der Waals surface area contributed by atoms with Crippen molar-refractivity contribution in [2.24, 2.45) is 0 Å². The molecule has 110 valence electrons. The van der Waals surface area contributed by atoms with Crippen molar-refractivity contribution in [1.29, 1.82) is 0 Å². The van der Waals surface area contributed by atoms with E-state index in [1.165, 1.54) is 22.3 Å². The summed E-state index contributed by atoms with van der Waals surface area (Å²) in [6.45, 7) is 13.4. The van der Waals surface area contributed by atoms with Crippen molar-refractivity contribution in [1.82, 2.24) is 0 Å². The van der Waals surface area contributed by atoms with Crippen LogP contribution in [-0.4, -0.2) is 0 Å². The fourth-order valence-electron chi connectivity index (χ4n) is 1.43. The molecule has 0 aromatic carbocycles. The van der Waals surface area contributed by atoms with E-state index in [0.717, 1.165) is 25.7 Å². The van der Waals surface area contributed by atoms with Crippen molar-refractivity contribution in [3.8, 4) is 0 Å². The molecule has 0 spiro atoms. The standard InChI is InChI=1S/2C9H15.Ru/c2*1-5-8(3)7-9(4)6-2;/h2*3,7H,5-6H2,1-2,4H3;. The monoisotopic (exact) mass is 348 g/mol. The molecular weight excluding hydrogens is 317 g/mol. The van der Waals surface area contributed by atoms with Gasteiger partial charge in [0.1, 0.15) is 0 Å². The van der Waals surface area contributed by atoms with Crippen LogP contribution in [-0.2, 0) is 17.1 Å². The van der Waals surface area contributed by atoms with E-state index in [9.17, 15) is 0 Å². The van der Waals surface area contributed by atoms with Crippen molar-refractivity contribution < 1.29 is 17.1 Å². The van der Waals surface area contributed by atoms with E-state index in [1.807, 2.05) is 0 Å². The Morgan fingerprint density at radius 3 is 1.32 bits per heavy atom. The van der Waals surface area contributed by atoms with Gasteiger partial charge in [-0.1, -0.05) is 0 Å². The van der Waals surface area contributed by atoms with Crippen LogP contribution in [0.3, 0.4) is 0 Å². The second-order valence-electron chi connectivity index (χ2n) is 4.87. The van der Waals surface area contributed by atoms with Crippen LogP contribution in [0.15, 0.2) is 43.8 Å². The van der Waals surface area contributed by atoms with Gasteiger partial charge in [-0.2, -0.15) is 0 Å². The first-order valence-corrected chi connectivity index (χ1v) is 9.39. The fraction of sp³-hybridized carbons (Fsp3) is 0.556. The summed E-state index contributed by atoms with van der Waals surface area (Å²) in [5, 5.41) is 0. The normalized spacial score (nSPS) is 15.3. The molecule has 19 heavy (non-hydrogen) atoms. The van der Waals surface area contributed by atoms with Gasteiger partial charge in [-0.05, 0) is 0 Å². The molecule has 0 atom stereocenters. The van der Waals surface area contributed by atoms with Crippen LogP contribution in [0.5, 0.6) is 0 Å². The molecule has 0 nitrogen and oxygen atoms in total. The third-order valence-electron chi connectivity index (χ3n) is 3.18. The van der Waals surface area contributed by atoms with Gasteiger partial charge in [0.05, 0.1) is 0 Å². The minimum atomic E-state index is 0.227. The molecule has 0 radical (unpaired) electrons. The van der Waals surface area contributed by atoms with Gasteiger partial charge in [0, 0.05) is 0 Å². The van der Waals surface area contributed by atoms with Crippen molar-refractivity contribution in [2.75, 3.05) is 0 Å². The van der Waals surface area contributed by atoms with Gasteiger partial charge in [-0.3, -0.25) is 0 Å². The average molecular weight is 348 g/mol. The molecule has 0 fully saturated rings. The van der Waals surface area contributed by atoms with Gasteiger partial charge in [0.15, 0.2) is 0 Å². The first-order chi connectivity index (χ1) is 9.07. The zero-order valence-electron chi connectivity index (χ0n) is 13.5. The molecule has 0 aliphatic heterocycles. The quantitative estimate of drug-likeness (QED) is 0.353. The molecule has 0 N–H and O–H groups in total. The van der Waals surface area contributed by atoms with E-state index >= 15 is 0 Å². The molecule has 0 saturated carbocycles. The van der Waals surface area contributed by atoms with Gasteiger partial charge >= 0.3 is 128 Å². The molecule has 0 heterocycles. The van der Waals surface area contributed by atoms with Gasteiger partial charge in [-0.25, -0.2) is 0 Å². The molecule has 1 heteroatoms. The molecule has 0 aliphatic carbocycles. The zero-order valence-corrected chi connectivity index (χ0v) is 15.2. The Morgan fingerprint density at radius 2 is 1.05 bits per heavy atom. The fourth-order valence-corrected chi connectivity index (χ4v) is 3.31. The Hall–Kier alpha value is -0.417. The van der Waals surface area contributed by atoms with Gasteiger partial charge in [-0.15, -0.1) is 0 Å². The van der Waals surface area contributed by atoms with E-state index in [4.69, 9.17) is 0 Å². The Bertz CT molecular complexity index is 331. The third-order valence-corrected chi connectivity index (χ3v) is 5.04. The summed E-state index contributed by atoms with van der Waals surface area (Å²) < 4.78 is 4.91. The summed E-state index contributed by atoms with van der Waals surface area (Å²) in [4.78, 5) is 0. The summed E-state index contributed by atoms with van der Waals surface area (Å²) in [6.07, 6.45) is 9.32. The molecule has 0 rings (SSSR count). The average Bonchev–Trinajstić information content (AvgIpc) is 2.44. The van der Waals surface area contributed by atoms with E-state index < -0.39 is 0 Å². The second kappa shape index (κ2) is 11.4. The maximum atomic E-state index is 2.46. The minimum absolute atomic E-state index is 0.227. The predicted octanol–water partition coefficient (Wildman–Crippen LogP) is 6.37. The van der Waals surface area contributed by atoms with Gasteiger partial charge in [0.25, 0.3) is 0 Å². The van der Waals surface area contributed by atoms with Crippen LogP contribution in [0.2, 0.25) is 0 Å². The molecule has 0 saturated heterocycles. The summed E-state index contributed by atoms with van der Waals surface area (Å²) in [6, 6.07) is 0. The molecule has 0 aromatic heterocycles. The summed E-state index contributed by atoms with van der Waals surface area (Å²) in [5.41, 5.74) is 5.96. The van der Waals surface area contributed by atoms with Crippen molar-refractivity contribution in [3.63, 3.8) is 0 Å². The van der Waals surface area contributed by atoms with Crippen LogP contribution in [0, 0.1) is 0 Å². The topological polar surface area (TPSA) is 0 Å². The Morgan fingerprint density at radius 1 is 0.684 bits per heavy atom. The summed E-state index contributed by atoms with van der Waals surface area (Å²) >= 11 is 0.227. The van der Waals surface area contributed by atoms with E-state index in [0.29, 0.717) is 0 Å². The number of hydrogen-bond acceptors (Lipinski definition) is 0. The van der Waals surface area contributed by atoms with Crippen molar-refractivity contribution in [2.45, 2.75) is 67.2 Å². The van der Waals surface area contributed by atoms with Crippen LogP contribution in [0.4, 0.5) is 0 Å². The first kappa shape index (κ1) is 18.6. The van der Waals surface area contributed by atoms with Crippen molar-refractivity contribution in [3.05, 3.63) is 43.8 Å². The molecule has 0 unspecified atom stereocenters. The predicted molar refractivity (Wildman–Crippen MR) is 84.8 cm³/mol. The second-order valence-corrected chi connectivity index (χ2v) is 6.45. The van der Waals surface area contributed by atoms with Gasteiger partial charge in [0.2, 0.25) is 0 Å². The molecule has 0 aliphatic rings. The SMILES string of the molecule is CCC(C)=CC(=[CH][Ru][CH]=C(C=C(C)CC)CC)CC. The van der Waals surface area contributed by atoms with E-state index in [-0.39, 0.29) is 17.1 Å². The molecule has 0 aromatic rings. The van der Waals surface area contributed by atoms with Crippen LogP contribution >= 0.6 is 0 Å². The Labute approximate surface area is 128 Å². The number of hydrogen-bond donors (Lipinski definition) is 0. The number of allylic oxidation sites excluding steroid dienone is 6. The number of rotatable bonds is 8. The van der Waals surface area contributed by atoms with Crippen molar-refractivity contribution >= 4 is 0 Å². The molecule has 0 amide bonds. The molecule has 0 bridgehead atoms. The van der Waals surface area contributed by atoms with E-state index in [1.54, 1.807) is 0 Å². The van der Waals surface area contributed by atoms with Crippen LogP contribution < -0.4 is 0 Å². The molecular formula is C18H30Ru. The van der Waals surface area contributed by atoms with Crippen LogP contribution in [0.25, 0.3) is 0 Å². The summed E-state index contributed by atoms with van der Waals surface area (Å²) in [7, 11) is 0. The Balaban J connectivity index is 4.74. The zero-order chi connectivity index (χ0) is 14.7. The first-order valence-electron chi connectivity index (χ1n) is 7.38. The summed E-state index contributed by atoms with van der Waals surface area (Å²) in [5.74, 6) is 0. The van der Waals surface area contributed by atoms with E-state index in [2.05, 4.69) is 63.0 Å². The van der Waals surface area contributed by atoms with Crippen LogP contribution in [0.1, 0.15) is 67.2 Å². The third kappa shape index (κ3) is 9.17.